The van der Waals surface area contributed by atoms with Gasteiger partial charge in [-0.1, -0.05) is 52.3 Å². The van der Waals surface area contributed by atoms with E-state index in [-0.39, 0.29) is 5.91 Å². The summed E-state index contributed by atoms with van der Waals surface area (Å²) < 4.78 is 0.945. The smallest absolute Gasteiger partial charge is 0.253 e. The molecule has 0 bridgehead atoms. The van der Waals surface area contributed by atoms with Crippen molar-refractivity contribution < 1.29 is 4.79 Å². The van der Waals surface area contributed by atoms with Gasteiger partial charge in [-0.15, -0.1) is 0 Å². The lowest BCUT2D eigenvalue weighted by molar-refractivity contribution is 0.0628. The highest BCUT2D eigenvalue weighted by Gasteiger charge is 2.22. The second-order valence-corrected chi connectivity index (χ2v) is 6.48. The van der Waals surface area contributed by atoms with E-state index >= 15 is 0 Å². The Morgan fingerprint density at radius 2 is 1.68 bits per heavy atom. The van der Waals surface area contributed by atoms with Crippen LogP contribution in [0.3, 0.4) is 0 Å². The molecule has 2 aromatic carbocycles. The fourth-order valence-corrected chi connectivity index (χ4v) is 3.15. The summed E-state index contributed by atoms with van der Waals surface area (Å²) in [5.41, 5.74) is 2.08. The zero-order chi connectivity index (χ0) is 15.4. The molecular weight excluding hydrogens is 340 g/mol. The summed E-state index contributed by atoms with van der Waals surface area (Å²) in [5, 5.41) is 0. The van der Waals surface area contributed by atoms with Crippen LogP contribution in [0.1, 0.15) is 15.9 Å². The minimum Gasteiger partial charge on any atom is -0.336 e. The molecule has 1 aliphatic heterocycles. The maximum atomic E-state index is 12.5. The summed E-state index contributed by atoms with van der Waals surface area (Å²) >= 11 is 3.42. The second kappa shape index (κ2) is 7.07. The lowest BCUT2D eigenvalue weighted by Crippen LogP contribution is -2.48. The summed E-state index contributed by atoms with van der Waals surface area (Å²) in [6, 6.07) is 18.1. The zero-order valence-corrected chi connectivity index (χ0v) is 14.0. The van der Waals surface area contributed by atoms with E-state index in [1.807, 2.05) is 35.2 Å². The van der Waals surface area contributed by atoms with E-state index in [1.165, 1.54) is 5.56 Å². The average molecular weight is 359 g/mol. The number of hydrogen-bond donors (Lipinski definition) is 0. The molecule has 1 heterocycles. The summed E-state index contributed by atoms with van der Waals surface area (Å²) in [6.45, 7) is 4.39. The molecule has 3 rings (SSSR count). The van der Waals surface area contributed by atoms with Gasteiger partial charge in [-0.3, -0.25) is 9.69 Å². The van der Waals surface area contributed by atoms with Gasteiger partial charge < -0.3 is 4.90 Å². The second-order valence-electron chi connectivity index (χ2n) is 5.56. The van der Waals surface area contributed by atoms with E-state index in [0.717, 1.165) is 42.8 Å². The van der Waals surface area contributed by atoms with Crippen LogP contribution in [0.2, 0.25) is 0 Å². The van der Waals surface area contributed by atoms with Crippen LogP contribution in [-0.4, -0.2) is 41.9 Å². The standard InChI is InChI=1S/C18H19BrN2O/c19-17-8-4-7-16(13-17)18(22)21-11-9-20(10-12-21)14-15-5-2-1-3-6-15/h1-8,13H,9-12,14H2. The number of carbonyl (C=O) groups is 1. The molecule has 1 saturated heterocycles. The molecule has 1 amide bonds. The van der Waals surface area contributed by atoms with Crippen LogP contribution in [0.5, 0.6) is 0 Å². The fourth-order valence-electron chi connectivity index (χ4n) is 2.75. The normalized spacial score (nSPS) is 15.8. The van der Waals surface area contributed by atoms with Gasteiger partial charge in [-0.25, -0.2) is 0 Å². The van der Waals surface area contributed by atoms with Gasteiger partial charge in [0, 0.05) is 42.8 Å². The Morgan fingerprint density at radius 1 is 0.955 bits per heavy atom. The Bertz CT molecular complexity index is 637. The van der Waals surface area contributed by atoms with Gasteiger partial charge in [0.15, 0.2) is 0 Å². The highest BCUT2D eigenvalue weighted by atomic mass is 79.9. The molecule has 0 saturated carbocycles. The number of hydrogen-bond acceptors (Lipinski definition) is 2. The minimum atomic E-state index is 0.126. The van der Waals surface area contributed by atoms with Crippen molar-refractivity contribution in [3.63, 3.8) is 0 Å². The van der Waals surface area contributed by atoms with Crippen LogP contribution >= 0.6 is 15.9 Å². The molecule has 2 aromatic rings. The number of benzene rings is 2. The van der Waals surface area contributed by atoms with Crippen molar-refractivity contribution in [2.45, 2.75) is 6.54 Å². The Kier molecular flexibility index (Phi) is 4.90. The Balaban J connectivity index is 1.56. The van der Waals surface area contributed by atoms with Crippen molar-refractivity contribution in [1.29, 1.82) is 0 Å². The number of rotatable bonds is 3. The molecule has 0 atom stereocenters. The number of amides is 1. The van der Waals surface area contributed by atoms with Gasteiger partial charge in [-0.2, -0.15) is 0 Å². The Labute approximate surface area is 139 Å². The highest BCUT2D eigenvalue weighted by molar-refractivity contribution is 9.10. The molecule has 0 radical (unpaired) electrons. The van der Waals surface area contributed by atoms with Gasteiger partial charge >= 0.3 is 0 Å². The maximum absolute atomic E-state index is 12.5. The predicted molar refractivity (Wildman–Crippen MR) is 91.8 cm³/mol. The lowest BCUT2D eigenvalue weighted by atomic mass is 10.1. The first-order valence-corrected chi connectivity index (χ1v) is 8.33. The monoisotopic (exact) mass is 358 g/mol. The highest BCUT2D eigenvalue weighted by Crippen LogP contribution is 2.15. The molecule has 0 aromatic heterocycles. The summed E-state index contributed by atoms with van der Waals surface area (Å²) in [4.78, 5) is 16.9. The van der Waals surface area contributed by atoms with Crippen LogP contribution < -0.4 is 0 Å². The number of piperazine rings is 1. The number of nitrogens with zero attached hydrogens (tertiary/aromatic N) is 2. The molecular formula is C18H19BrN2O. The quantitative estimate of drug-likeness (QED) is 0.839. The van der Waals surface area contributed by atoms with Crippen molar-refractivity contribution >= 4 is 21.8 Å². The van der Waals surface area contributed by atoms with E-state index in [4.69, 9.17) is 0 Å². The van der Waals surface area contributed by atoms with E-state index in [1.54, 1.807) is 0 Å². The third-order valence-electron chi connectivity index (χ3n) is 3.98. The molecule has 22 heavy (non-hydrogen) atoms. The molecule has 3 nitrogen and oxygen atoms in total. The van der Waals surface area contributed by atoms with Gasteiger partial charge in [-0.05, 0) is 23.8 Å². The maximum Gasteiger partial charge on any atom is 0.253 e. The van der Waals surface area contributed by atoms with Crippen molar-refractivity contribution in [1.82, 2.24) is 9.80 Å². The molecule has 0 spiro atoms. The molecule has 4 heteroatoms. The largest absolute Gasteiger partial charge is 0.336 e. The average Bonchev–Trinajstić information content (AvgIpc) is 2.56. The first kappa shape index (κ1) is 15.3. The lowest BCUT2D eigenvalue weighted by Gasteiger charge is -2.34. The first-order valence-electron chi connectivity index (χ1n) is 7.53. The molecule has 1 aliphatic rings. The number of halogens is 1. The Morgan fingerprint density at radius 3 is 2.36 bits per heavy atom. The van der Waals surface area contributed by atoms with Gasteiger partial charge in [0.25, 0.3) is 5.91 Å². The predicted octanol–water partition coefficient (Wildman–Crippen LogP) is 3.41. The van der Waals surface area contributed by atoms with Crippen molar-refractivity contribution in [3.05, 3.63) is 70.2 Å². The van der Waals surface area contributed by atoms with Crippen LogP contribution in [0.4, 0.5) is 0 Å². The SMILES string of the molecule is O=C(c1cccc(Br)c1)N1CCN(Cc2ccccc2)CC1. The molecule has 114 valence electrons. The van der Waals surface area contributed by atoms with Crippen molar-refractivity contribution in [2.75, 3.05) is 26.2 Å². The topological polar surface area (TPSA) is 23.6 Å². The van der Waals surface area contributed by atoms with Crippen molar-refractivity contribution in [3.8, 4) is 0 Å². The van der Waals surface area contributed by atoms with Crippen LogP contribution in [0, 0.1) is 0 Å². The summed E-state index contributed by atoms with van der Waals surface area (Å²) in [6.07, 6.45) is 0. The third-order valence-corrected chi connectivity index (χ3v) is 4.47. The van der Waals surface area contributed by atoms with Crippen LogP contribution in [0.15, 0.2) is 59.1 Å². The summed E-state index contributed by atoms with van der Waals surface area (Å²) in [5.74, 6) is 0.126. The van der Waals surface area contributed by atoms with E-state index in [9.17, 15) is 4.79 Å². The van der Waals surface area contributed by atoms with Gasteiger partial charge in [0.2, 0.25) is 0 Å². The molecule has 0 aliphatic carbocycles. The third kappa shape index (κ3) is 3.76. The van der Waals surface area contributed by atoms with Crippen LogP contribution in [-0.2, 0) is 6.54 Å². The zero-order valence-electron chi connectivity index (χ0n) is 12.4. The molecule has 0 unspecified atom stereocenters. The summed E-state index contributed by atoms with van der Waals surface area (Å²) in [7, 11) is 0. The van der Waals surface area contributed by atoms with E-state index in [0.29, 0.717) is 0 Å². The first-order chi connectivity index (χ1) is 10.7. The van der Waals surface area contributed by atoms with E-state index in [2.05, 4.69) is 45.1 Å². The molecule has 1 fully saturated rings. The Hall–Kier alpha value is -1.65. The number of carbonyl (C=O) groups excluding carboxylic acids is 1. The van der Waals surface area contributed by atoms with Crippen molar-refractivity contribution in [2.24, 2.45) is 0 Å². The van der Waals surface area contributed by atoms with Gasteiger partial charge in [0.1, 0.15) is 0 Å². The molecule has 0 N–H and O–H groups in total. The van der Waals surface area contributed by atoms with Crippen LogP contribution in [0.25, 0.3) is 0 Å². The fraction of sp³-hybridized carbons (Fsp3) is 0.278. The van der Waals surface area contributed by atoms with Gasteiger partial charge in [0.05, 0.1) is 0 Å². The van der Waals surface area contributed by atoms with E-state index < -0.39 is 0 Å². The minimum absolute atomic E-state index is 0.126.